The van der Waals surface area contributed by atoms with Crippen molar-refractivity contribution in [1.29, 1.82) is 0 Å². The van der Waals surface area contributed by atoms with Crippen molar-refractivity contribution in [2.45, 2.75) is 190 Å². The molecule has 0 radical (unpaired) electrons. The second-order valence-corrected chi connectivity index (χ2v) is 18.8. The molecule has 32 nitrogen and oxygen atoms in total. The van der Waals surface area contributed by atoms with Gasteiger partial charge in [0, 0.05) is 58.8 Å². The number of esters is 4. The molecule has 2 aromatic rings. The molecule has 0 N–H and O–H groups in total. The monoisotopic (exact) mass is 1120 g/mol. The van der Waals surface area contributed by atoms with Gasteiger partial charge >= 0.3 is 30.0 Å². The van der Waals surface area contributed by atoms with Crippen LogP contribution in [0.2, 0.25) is 0 Å². The minimum atomic E-state index is -1.76. The van der Waals surface area contributed by atoms with Crippen molar-refractivity contribution in [2.75, 3.05) is 6.54 Å². The lowest BCUT2D eigenvalue weighted by Crippen LogP contribution is -2.62. The Balaban J connectivity index is 1.38. The molecule has 0 spiro atoms. The summed E-state index contributed by atoms with van der Waals surface area (Å²) in [5, 5.41) is 19.1. The van der Waals surface area contributed by atoms with E-state index in [4.69, 9.17) is 52.1 Å². The summed E-state index contributed by atoms with van der Waals surface area (Å²) < 4.78 is 67.6. The van der Waals surface area contributed by atoms with Crippen LogP contribution in [0.5, 0.6) is 0 Å². The summed E-state index contributed by atoms with van der Waals surface area (Å²) in [4.78, 5) is 81.1. The number of carbonyl (C=O) groups excluding carboxylic acids is 5. The molecule has 4 aliphatic rings. The third-order valence-electron chi connectivity index (χ3n) is 13.4. The zero-order valence-corrected chi connectivity index (χ0v) is 44.3. The molecule has 0 unspecified atom stereocenters. The Bertz CT molecular complexity index is 2720. The van der Waals surface area contributed by atoms with Gasteiger partial charge in [-0.1, -0.05) is 93.2 Å². The largest absolute Gasteiger partial charge is 0.459 e. The average molecular weight is 1120 g/mol. The van der Waals surface area contributed by atoms with Crippen molar-refractivity contribution in [3.63, 3.8) is 0 Å². The molecule has 1 amide bonds. The number of nitrogens with zero attached hydrogens (tertiary/aromatic N) is 16. The van der Waals surface area contributed by atoms with Crippen molar-refractivity contribution < 1.29 is 76.1 Å². The lowest BCUT2D eigenvalue weighted by atomic mass is 9.83. The van der Waals surface area contributed by atoms with Gasteiger partial charge in [-0.25, -0.2) is 4.79 Å². The maximum Gasteiger partial charge on any atom is 0.410 e. The highest BCUT2D eigenvalue weighted by Gasteiger charge is 2.58. The van der Waals surface area contributed by atoms with Crippen LogP contribution >= 0.6 is 0 Å². The summed E-state index contributed by atoms with van der Waals surface area (Å²) in [7, 11) is 0. The van der Waals surface area contributed by atoms with Gasteiger partial charge in [-0.2, -0.15) is 0 Å². The van der Waals surface area contributed by atoms with E-state index in [-0.39, 0.29) is 38.8 Å². The Kier molecular flexibility index (Phi) is 22.7. The molecule has 1 aliphatic carbocycles. The average Bonchev–Trinajstić information content (AvgIpc) is 3.74. The van der Waals surface area contributed by atoms with Crippen molar-refractivity contribution in [3.05, 3.63) is 124 Å². The fraction of sp³-hybridized carbons (Fsp3) is 0.646. The summed E-state index contributed by atoms with van der Waals surface area (Å²) in [6.07, 6.45) is -20.0. The minimum absolute atomic E-state index is 0.0361. The standard InChI is InChI=1S/C48H60N16O16/c1-7-34-40(79-46-37(58-63-53)42(73-27(5)67)41(72-26(4)66)36(77-46)21-54-59-49)44(74-28(6)68)47(75-34)80-43-38(71-25(3)65)32(56-61-51)20-33(57-62-52)39(43)78-45-31(55-60-50)18-19-35(76-45)24(2)64(22-29-14-10-8-11-15-29)48(69)70-23-30-16-12-9-13-17-30/h8-17,24,31-47H,7,18-23H2,1-6H3/t24-,31-,32-,33+,34-,35+,36+,37-,38+,39-,40-,41-,42-,43-,44-,45-,46-,47+/m1/s1. The number of ether oxygens (including phenoxy) is 11. The molecule has 428 valence electrons. The van der Waals surface area contributed by atoms with Gasteiger partial charge < -0.3 is 52.1 Å². The molecule has 3 saturated heterocycles. The summed E-state index contributed by atoms with van der Waals surface area (Å²) >= 11 is 0. The third kappa shape index (κ3) is 16.0. The Labute approximate surface area is 456 Å². The molecule has 3 heterocycles. The third-order valence-corrected chi connectivity index (χ3v) is 13.4. The van der Waals surface area contributed by atoms with E-state index in [1.807, 2.05) is 60.7 Å². The van der Waals surface area contributed by atoms with Crippen molar-refractivity contribution >= 4 is 30.0 Å². The quantitative estimate of drug-likeness (QED) is 0.0335. The van der Waals surface area contributed by atoms with Gasteiger partial charge in [0.15, 0.2) is 37.2 Å². The Hall–Kier alpha value is -8.10. The molecular formula is C48H60N16O16. The second kappa shape index (κ2) is 29.8. The number of rotatable bonds is 23. The van der Waals surface area contributed by atoms with Crippen LogP contribution in [0.4, 0.5) is 4.79 Å². The number of hydrogen-bond acceptors (Lipinski definition) is 21. The molecule has 1 saturated carbocycles. The molecule has 18 atom stereocenters. The van der Waals surface area contributed by atoms with E-state index < -0.39 is 147 Å². The normalized spacial score (nSPS) is 31.0. The van der Waals surface area contributed by atoms with Gasteiger partial charge in [0.1, 0.15) is 37.1 Å². The van der Waals surface area contributed by atoms with Crippen LogP contribution in [0.15, 0.2) is 86.2 Å². The number of amides is 1. The zero-order chi connectivity index (χ0) is 57.9. The predicted molar refractivity (Wildman–Crippen MR) is 271 cm³/mol. The lowest BCUT2D eigenvalue weighted by molar-refractivity contribution is -0.294. The van der Waals surface area contributed by atoms with Gasteiger partial charge in [-0.05, 0) is 71.4 Å². The van der Waals surface area contributed by atoms with Crippen molar-refractivity contribution in [3.8, 4) is 0 Å². The van der Waals surface area contributed by atoms with Crippen LogP contribution < -0.4 is 0 Å². The molecule has 0 aromatic heterocycles. The first-order chi connectivity index (χ1) is 38.5. The van der Waals surface area contributed by atoms with Gasteiger partial charge in [0.05, 0.1) is 49.0 Å². The lowest BCUT2D eigenvalue weighted by Gasteiger charge is -2.47. The molecule has 2 aromatic carbocycles. The highest BCUT2D eigenvalue weighted by molar-refractivity contribution is 5.69. The van der Waals surface area contributed by atoms with Gasteiger partial charge in [0.25, 0.3) is 0 Å². The van der Waals surface area contributed by atoms with E-state index in [2.05, 4.69) is 50.1 Å². The number of azide groups is 5. The Morgan fingerprint density at radius 3 is 1.69 bits per heavy atom. The van der Waals surface area contributed by atoms with Crippen LogP contribution in [-0.2, 0) is 84.4 Å². The molecule has 80 heavy (non-hydrogen) atoms. The van der Waals surface area contributed by atoms with Gasteiger partial charge in [-0.15, -0.1) is 0 Å². The van der Waals surface area contributed by atoms with Crippen LogP contribution in [0, 0.1) is 0 Å². The van der Waals surface area contributed by atoms with E-state index in [1.165, 1.54) is 4.90 Å². The molecular weight excluding hydrogens is 1060 g/mol. The second-order valence-electron chi connectivity index (χ2n) is 18.8. The topological polar surface area (TPSA) is 434 Å². The summed E-state index contributed by atoms with van der Waals surface area (Å²) in [5.41, 5.74) is 50.1. The van der Waals surface area contributed by atoms with Crippen LogP contribution in [0.1, 0.15) is 78.4 Å². The van der Waals surface area contributed by atoms with E-state index in [1.54, 1.807) is 13.8 Å². The van der Waals surface area contributed by atoms with Gasteiger partial charge in [0.2, 0.25) is 0 Å². The fourth-order valence-electron chi connectivity index (χ4n) is 9.96. The van der Waals surface area contributed by atoms with E-state index in [0.29, 0.717) is 0 Å². The summed E-state index contributed by atoms with van der Waals surface area (Å²) in [5.74, 6) is -3.57. The van der Waals surface area contributed by atoms with Gasteiger partial charge in [-0.3, -0.25) is 24.1 Å². The predicted octanol–water partition coefficient (Wildman–Crippen LogP) is 7.89. The van der Waals surface area contributed by atoms with Crippen molar-refractivity contribution in [1.82, 2.24) is 4.90 Å². The van der Waals surface area contributed by atoms with Crippen LogP contribution in [0.25, 0.3) is 52.2 Å². The highest BCUT2D eigenvalue weighted by Crippen LogP contribution is 2.41. The number of hydrogen-bond donors (Lipinski definition) is 0. The minimum Gasteiger partial charge on any atom is -0.459 e. The van der Waals surface area contributed by atoms with Crippen LogP contribution in [0.3, 0.4) is 0 Å². The SMILES string of the molecule is CC[C@H]1O[C@@H](O[C@@H]2[C@@H](OC(C)=O)[C@H](N=[N+]=[N-])C[C@H](N=[N+]=[N-])[C@H]2O[C@H]2O[C@H]([C@@H](C)N(Cc3ccccc3)C(=O)OCc3ccccc3)CC[C@H]2N=[N+]=[N-])[C@H](OC(C)=O)[C@@H]1O[C@H]1O[C@@H](CN=[N+]=[N-])[C@@H](OC(C)=O)[C@H](OC(C)=O)[C@H]1N=[N+]=[N-]. The molecule has 4 fully saturated rings. The smallest absolute Gasteiger partial charge is 0.410 e. The maximum absolute atomic E-state index is 14.1. The first-order valence-corrected chi connectivity index (χ1v) is 25.3. The number of carbonyl (C=O) groups is 5. The zero-order valence-electron chi connectivity index (χ0n) is 44.3. The highest BCUT2D eigenvalue weighted by atomic mass is 16.8. The van der Waals surface area contributed by atoms with Crippen LogP contribution in [-0.4, -0.2) is 152 Å². The summed E-state index contributed by atoms with van der Waals surface area (Å²) in [6.45, 7) is 7.16. The van der Waals surface area contributed by atoms with E-state index in [0.717, 1.165) is 38.8 Å². The summed E-state index contributed by atoms with van der Waals surface area (Å²) in [6, 6.07) is 12.1. The number of benzene rings is 2. The molecule has 32 heteroatoms. The Morgan fingerprint density at radius 1 is 0.575 bits per heavy atom. The molecule has 6 rings (SSSR count). The van der Waals surface area contributed by atoms with Crippen molar-refractivity contribution in [2.24, 2.45) is 25.6 Å². The van der Waals surface area contributed by atoms with E-state index in [9.17, 15) is 51.6 Å². The fourth-order valence-corrected chi connectivity index (χ4v) is 9.96. The Morgan fingerprint density at radius 2 is 1.10 bits per heavy atom. The molecule has 3 aliphatic heterocycles. The first kappa shape index (κ1) is 61.1. The molecule has 0 bridgehead atoms. The maximum atomic E-state index is 14.1. The van der Waals surface area contributed by atoms with E-state index >= 15 is 0 Å². The first-order valence-electron chi connectivity index (χ1n) is 25.3.